The molecule has 1 aromatic rings. The van der Waals surface area contributed by atoms with E-state index < -0.39 is 11.6 Å². The Kier molecular flexibility index (Phi) is 9.55. The Balaban J connectivity index is 0.00000529. The van der Waals surface area contributed by atoms with Gasteiger partial charge in [0, 0.05) is 10.0 Å². The largest absolute Gasteiger partial charge is 0.349 e. The molecule has 7 heteroatoms. The van der Waals surface area contributed by atoms with Crippen LogP contribution < -0.4 is 16.4 Å². The molecule has 0 radical (unpaired) electrons. The van der Waals surface area contributed by atoms with Gasteiger partial charge < -0.3 is 16.4 Å². The minimum absolute atomic E-state index is 0. The predicted octanol–water partition coefficient (Wildman–Crippen LogP) is 2.41. The molecule has 1 atom stereocenters. The second-order valence-electron chi connectivity index (χ2n) is 6.72. The molecule has 136 valence electrons. The molecule has 0 heterocycles. The van der Waals surface area contributed by atoms with E-state index in [1.165, 1.54) is 0 Å². The van der Waals surface area contributed by atoms with E-state index in [0.29, 0.717) is 6.42 Å². The van der Waals surface area contributed by atoms with Crippen LogP contribution in [0, 0.1) is 5.92 Å². The van der Waals surface area contributed by atoms with Gasteiger partial charge in [0.1, 0.15) is 0 Å². The van der Waals surface area contributed by atoms with Crippen molar-refractivity contribution in [1.82, 2.24) is 10.6 Å². The third-order valence-corrected chi connectivity index (χ3v) is 4.01. The quantitative estimate of drug-likeness (QED) is 0.633. The van der Waals surface area contributed by atoms with E-state index in [-0.39, 0.29) is 36.7 Å². The number of hydrogen-bond acceptors (Lipinski definition) is 3. The fraction of sp³-hybridized carbons (Fsp3) is 0.529. The Morgan fingerprint density at radius 2 is 1.75 bits per heavy atom. The number of carbonyl (C=O) groups is 2. The molecule has 0 aromatic heterocycles. The minimum atomic E-state index is -0.599. The fourth-order valence-corrected chi connectivity index (χ4v) is 2.43. The van der Waals surface area contributed by atoms with Crippen molar-refractivity contribution in [2.24, 2.45) is 11.7 Å². The number of benzene rings is 1. The molecule has 0 saturated heterocycles. The fourth-order valence-electron chi connectivity index (χ4n) is 2.17. The van der Waals surface area contributed by atoms with Crippen molar-refractivity contribution in [2.75, 3.05) is 6.54 Å². The van der Waals surface area contributed by atoms with Gasteiger partial charge in [0.2, 0.25) is 11.8 Å². The van der Waals surface area contributed by atoms with Crippen molar-refractivity contribution < 1.29 is 9.59 Å². The summed E-state index contributed by atoms with van der Waals surface area (Å²) in [5, 5.41) is 5.51. The summed E-state index contributed by atoms with van der Waals surface area (Å²) in [7, 11) is 0. The predicted molar refractivity (Wildman–Crippen MR) is 103 cm³/mol. The summed E-state index contributed by atoms with van der Waals surface area (Å²) >= 11 is 3.40. The zero-order chi connectivity index (χ0) is 17.6. The molecule has 5 nitrogen and oxygen atoms in total. The van der Waals surface area contributed by atoms with Crippen molar-refractivity contribution >= 4 is 40.2 Å². The molecule has 0 aliphatic rings. The minimum Gasteiger partial charge on any atom is -0.349 e. The van der Waals surface area contributed by atoms with Crippen molar-refractivity contribution in [3.8, 4) is 0 Å². The van der Waals surface area contributed by atoms with Crippen molar-refractivity contribution in [3.63, 3.8) is 0 Å². The third-order valence-electron chi connectivity index (χ3n) is 3.48. The van der Waals surface area contributed by atoms with Crippen LogP contribution in [0.5, 0.6) is 0 Å². The first kappa shape index (κ1) is 22.9. The molecule has 2 amide bonds. The lowest BCUT2D eigenvalue weighted by Crippen LogP contribution is -2.51. The maximum atomic E-state index is 12.0. The van der Waals surface area contributed by atoms with E-state index in [9.17, 15) is 9.59 Å². The summed E-state index contributed by atoms with van der Waals surface area (Å²) in [5.41, 5.74) is 6.46. The average molecular weight is 421 g/mol. The third kappa shape index (κ3) is 8.13. The molecule has 0 aliphatic carbocycles. The van der Waals surface area contributed by atoms with Crippen LogP contribution in [0.4, 0.5) is 0 Å². The van der Waals surface area contributed by atoms with Crippen LogP contribution in [0.1, 0.15) is 33.3 Å². The van der Waals surface area contributed by atoms with Gasteiger partial charge >= 0.3 is 0 Å². The van der Waals surface area contributed by atoms with E-state index in [1.54, 1.807) is 0 Å². The Hall–Kier alpha value is -1.11. The van der Waals surface area contributed by atoms with Gasteiger partial charge in [-0.1, -0.05) is 41.9 Å². The van der Waals surface area contributed by atoms with E-state index in [4.69, 9.17) is 5.73 Å². The summed E-state index contributed by atoms with van der Waals surface area (Å²) in [6.07, 6.45) is 0.700. The first-order valence-corrected chi connectivity index (χ1v) is 8.49. The Labute approximate surface area is 158 Å². The maximum absolute atomic E-state index is 12.0. The number of rotatable bonds is 7. The smallest absolute Gasteiger partial charge is 0.239 e. The standard InChI is InChI=1S/C17H26BrN3O2.ClH/c1-11(2)15(19)16(23)20-10-14(22)21-17(3,4)9-12-5-7-13(18)8-6-12;/h5-8,11,15H,9-10,19H2,1-4H3,(H,20,23)(H,21,22);1H/t15-;/m0./s1. The van der Waals surface area contributed by atoms with Crippen LogP contribution in [0.2, 0.25) is 0 Å². The Morgan fingerprint density at radius 3 is 2.25 bits per heavy atom. The summed E-state index contributed by atoms with van der Waals surface area (Å²) < 4.78 is 1.02. The second kappa shape index (κ2) is 10.0. The monoisotopic (exact) mass is 419 g/mol. The normalized spacial score (nSPS) is 12.3. The van der Waals surface area contributed by atoms with Gasteiger partial charge in [0.05, 0.1) is 12.6 Å². The van der Waals surface area contributed by atoms with Crippen LogP contribution in [-0.4, -0.2) is 29.9 Å². The van der Waals surface area contributed by atoms with E-state index >= 15 is 0 Å². The van der Waals surface area contributed by atoms with Crippen LogP contribution in [0.3, 0.4) is 0 Å². The zero-order valence-electron chi connectivity index (χ0n) is 14.6. The molecule has 24 heavy (non-hydrogen) atoms. The number of halogens is 2. The Morgan fingerprint density at radius 1 is 1.21 bits per heavy atom. The van der Waals surface area contributed by atoms with Gasteiger partial charge in [-0.3, -0.25) is 9.59 Å². The first-order valence-electron chi connectivity index (χ1n) is 7.69. The molecule has 4 N–H and O–H groups in total. The molecule has 0 saturated carbocycles. The van der Waals surface area contributed by atoms with Crippen molar-refractivity contribution in [2.45, 2.75) is 45.7 Å². The van der Waals surface area contributed by atoms with Gasteiger partial charge in [-0.25, -0.2) is 0 Å². The van der Waals surface area contributed by atoms with E-state index in [2.05, 4.69) is 26.6 Å². The van der Waals surface area contributed by atoms with Crippen LogP contribution in [-0.2, 0) is 16.0 Å². The summed E-state index contributed by atoms with van der Waals surface area (Å²) in [6, 6.07) is 7.38. The molecule has 1 rings (SSSR count). The lowest BCUT2D eigenvalue weighted by molar-refractivity contribution is -0.128. The van der Waals surface area contributed by atoms with Crippen LogP contribution in [0.25, 0.3) is 0 Å². The number of nitrogens with two attached hydrogens (primary N) is 1. The molecule has 0 fully saturated rings. The lowest BCUT2D eigenvalue weighted by Gasteiger charge is -2.27. The SMILES string of the molecule is CC(C)[C@H](N)C(=O)NCC(=O)NC(C)(C)Cc1ccc(Br)cc1.Cl. The molecular weight excluding hydrogens is 394 g/mol. The lowest BCUT2D eigenvalue weighted by atomic mass is 9.95. The van der Waals surface area contributed by atoms with Gasteiger partial charge in [-0.05, 0) is 43.9 Å². The molecule has 0 bridgehead atoms. The highest BCUT2D eigenvalue weighted by Gasteiger charge is 2.22. The topological polar surface area (TPSA) is 84.2 Å². The van der Waals surface area contributed by atoms with Gasteiger partial charge in [-0.15, -0.1) is 12.4 Å². The number of carbonyl (C=O) groups excluding carboxylic acids is 2. The maximum Gasteiger partial charge on any atom is 0.239 e. The highest BCUT2D eigenvalue weighted by atomic mass is 79.9. The van der Waals surface area contributed by atoms with Crippen molar-refractivity contribution in [1.29, 1.82) is 0 Å². The summed E-state index contributed by atoms with van der Waals surface area (Å²) in [5.74, 6) is -0.496. The highest BCUT2D eigenvalue weighted by molar-refractivity contribution is 9.10. The van der Waals surface area contributed by atoms with Crippen LogP contribution in [0.15, 0.2) is 28.7 Å². The summed E-state index contributed by atoms with van der Waals surface area (Å²) in [4.78, 5) is 23.8. The Bertz CT molecular complexity index is 547. The summed E-state index contributed by atoms with van der Waals surface area (Å²) in [6.45, 7) is 7.57. The van der Waals surface area contributed by atoms with Crippen molar-refractivity contribution in [3.05, 3.63) is 34.3 Å². The number of nitrogens with one attached hydrogen (secondary N) is 2. The van der Waals surface area contributed by atoms with Gasteiger partial charge in [0.15, 0.2) is 0 Å². The average Bonchev–Trinajstić information content (AvgIpc) is 2.45. The first-order chi connectivity index (χ1) is 10.6. The highest BCUT2D eigenvalue weighted by Crippen LogP contribution is 2.16. The van der Waals surface area contributed by atoms with Gasteiger partial charge in [-0.2, -0.15) is 0 Å². The number of hydrogen-bond donors (Lipinski definition) is 3. The van der Waals surface area contributed by atoms with Crippen LogP contribution >= 0.6 is 28.3 Å². The molecule has 0 aliphatic heterocycles. The van der Waals surface area contributed by atoms with E-state index in [1.807, 2.05) is 52.0 Å². The molecular formula is C17H27BrClN3O2. The molecule has 1 aromatic carbocycles. The number of amides is 2. The zero-order valence-corrected chi connectivity index (χ0v) is 17.0. The molecule has 0 spiro atoms. The second-order valence-corrected chi connectivity index (χ2v) is 7.64. The van der Waals surface area contributed by atoms with E-state index in [0.717, 1.165) is 10.0 Å². The molecule has 0 unspecified atom stereocenters. The van der Waals surface area contributed by atoms with Gasteiger partial charge in [0.25, 0.3) is 0 Å².